The molecule has 1 heterocycles. The molecule has 0 spiro atoms. The van der Waals surface area contributed by atoms with Crippen molar-refractivity contribution in [1.82, 2.24) is 5.32 Å². The summed E-state index contributed by atoms with van der Waals surface area (Å²) in [5, 5.41) is 5.00. The molecule has 36 heavy (non-hydrogen) atoms. The average molecular weight is 559 g/mol. The van der Waals surface area contributed by atoms with Crippen LogP contribution in [0.1, 0.15) is 15.9 Å². The van der Waals surface area contributed by atoms with Gasteiger partial charge in [-0.1, -0.05) is 52.3 Å². The number of benzene rings is 4. The smallest absolute Gasteiger partial charge is 0.344 e. The number of rotatable bonds is 5. The minimum atomic E-state index is -0.473. The minimum absolute atomic E-state index is 0.279. The summed E-state index contributed by atoms with van der Waals surface area (Å²) < 4.78 is 11.7. The number of hydrogen-bond donors (Lipinski definition) is 1. The number of thioether (sulfide) groups is 1. The Kier molecular flexibility index (Phi) is 6.88. The molecule has 0 radical (unpaired) electrons. The van der Waals surface area contributed by atoms with Gasteiger partial charge in [0.05, 0.1) is 23.3 Å². The van der Waals surface area contributed by atoms with E-state index < -0.39 is 5.97 Å². The maximum absolute atomic E-state index is 13.1. The molecule has 178 valence electrons. The van der Waals surface area contributed by atoms with Crippen molar-refractivity contribution in [2.75, 3.05) is 7.11 Å². The third kappa shape index (κ3) is 5.19. The highest BCUT2D eigenvalue weighted by Gasteiger charge is 2.25. The van der Waals surface area contributed by atoms with Gasteiger partial charge in [-0.05, 0) is 77.1 Å². The third-order valence-corrected chi connectivity index (χ3v) is 6.83. The number of aliphatic imine (C=N–C) groups is 1. The van der Waals surface area contributed by atoms with E-state index in [2.05, 4.69) is 26.2 Å². The van der Waals surface area contributed by atoms with Gasteiger partial charge in [-0.3, -0.25) is 4.79 Å². The van der Waals surface area contributed by atoms with Gasteiger partial charge in [0.1, 0.15) is 11.5 Å². The van der Waals surface area contributed by atoms with Crippen LogP contribution in [0.2, 0.25) is 0 Å². The zero-order chi connectivity index (χ0) is 25.1. The van der Waals surface area contributed by atoms with Crippen molar-refractivity contribution >= 4 is 67.3 Å². The molecule has 0 aromatic heterocycles. The van der Waals surface area contributed by atoms with Crippen LogP contribution in [0.5, 0.6) is 11.5 Å². The monoisotopic (exact) mass is 558 g/mol. The first-order valence-corrected chi connectivity index (χ1v) is 12.5. The quantitative estimate of drug-likeness (QED) is 0.167. The van der Waals surface area contributed by atoms with Crippen LogP contribution in [0.15, 0.2) is 99.3 Å². The molecule has 1 saturated heterocycles. The van der Waals surface area contributed by atoms with Crippen LogP contribution in [-0.2, 0) is 4.79 Å². The number of esters is 1. The highest BCUT2D eigenvalue weighted by atomic mass is 79.9. The molecule has 0 bridgehead atoms. The van der Waals surface area contributed by atoms with Gasteiger partial charge < -0.3 is 14.8 Å². The Balaban J connectivity index is 1.41. The van der Waals surface area contributed by atoms with Crippen LogP contribution < -0.4 is 14.8 Å². The Hall–Kier alpha value is -3.88. The molecular weight excluding hydrogens is 540 g/mol. The average Bonchev–Trinajstić information content (AvgIpc) is 3.23. The first-order valence-electron chi connectivity index (χ1n) is 10.9. The van der Waals surface area contributed by atoms with Gasteiger partial charge in [0, 0.05) is 10.0 Å². The predicted octanol–water partition coefficient (Wildman–Crippen LogP) is 6.72. The van der Waals surface area contributed by atoms with Crippen LogP contribution in [0.4, 0.5) is 5.69 Å². The number of amidine groups is 1. The molecule has 8 heteroatoms. The van der Waals surface area contributed by atoms with Crippen molar-refractivity contribution < 1.29 is 19.1 Å². The predicted molar refractivity (Wildman–Crippen MR) is 147 cm³/mol. The molecule has 4 aromatic carbocycles. The lowest BCUT2D eigenvalue weighted by molar-refractivity contribution is -0.115. The van der Waals surface area contributed by atoms with E-state index in [1.165, 1.54) is 11.8 Å². The number of methoxy groups -OCH3 is 1. The Labute approximate surface area is 220 Å². The minimum Gasteiger partial charge on any atom is -0.497 e. The van der Waals surface area contributed by atoms with E-state index in [1.807, 2.05) is 36.4 Å². The lowest BCUT2D eigenvalue weighted by Crippen LogP contribution is -2.19. The zero-order valence-corrected chi connectivity index (χ0v) is 21.4. The molecule has 1 N–H and O–H groups in total. The fraction of sp³-hybridized carbons (Fsp3) is 0.0357. The Bertz CT molecular complexity index is 1540. The summed E-state index contributed by atoms with van der Waals surface area (Å²) in [5.41, 5.74) is 1.74. The number of nitrogens with zero attached hydrogens (tertiary/aromatic N) is 1. The van der Waals surface area contributed by atoms with Crippen LogP contribution in [0, 0.1) is 0 Å². The maximum atomic E-state index is 13.1. The Morgan fingerprint density at radius 1 is 1.00 bits per heavy atom. The van der Waals surface area contributed by atoms with Crippen LogP contribution in [0.25, 0.3) is 16.8 Å². The van der Waals surface area contributed by atoms with Crippen LogP contribution in [-0.4, -0.2) is 24.2 Å². The Morgan fingerprint density at radius 3 is 2.58 bits per heavy atom. The zero-order valence-electron chi connectivity index (χ0n) is 19.0. The van der Waals surface area contributed by atoms with Crippen LogP contribution in [0.3, 0.4) is 0 Å². The summed E-state index contributed by atoms with van der Waals surface area (Å²) >= 11 is 4.67. The molecule has 5 rings (SSSR count). The fourth-order valence-corrected chi connectivity index (χ4v) is 4.89. The summed E-state index contributed by atoms with van der Waals surface area (Å²) in [5.74, 6) is 0.318. The first kappa shape index (κ1) is 23.8. The molecule has 4 aromatic rings. The summed E-state index contributed by atoms with van der Waals surface area (Å²) in [6, 6.07) is 25.6. The number of nitrogens with one attached hydrogen (secondary N) is 1. The first-order chi connectivity index (χ1) is 17.5. The van der Waals surface area contributed by atoms with Gasteiger partial charge in [0.25, 0.3) is 5.91 Å². The highest BCUT2D eigenvalue weighted by molar-refractivity contribution is 9.10. The summed E-state index contributed by atoms with van der Waals surface area (Å²) in [6.07, 6.45) is 1.69. The fourth-order valence-electron chi connectivity index (χ4n) is 3.68. The largest absolute Gasteiger partial charge is 0.497 e. The molecule has 1 fully saturated rings. The number of amides is 1. The lowest BCUT2D eigenvalue weighted by atomic mass is 10.0. The molecule has 0 aliphatic carbocycles. The van der Waals surface area contributed by atoms with E-state index in [0.29, 0.717) is 32.6 Å². The normalized spacial score (nSPS) is 15.3. The second-order valence-electron chi connectivity index (χ2n) is 7.78. The molecule has 6 nitrogen and oxygen atoms in total. The molecule has 1 aliphatic heterocycles. The number of ether oxygens (including phenoxy) is 2. The number of carbonyl (C=O) groups excluding carboxylic acids is 2. The summed E-state index contributed by atoms with van der Waals surface area (Å²) in [4.78, 5) is 30.7. The second kappa shape index (κ2) is 10.4. The maximum Gasteiger partial charge on any atom is 0.344 e. The van der Waals surface area contributed by atoms with Gasteiger partial charge in [-0.2, -0.15) is 0 Å². The molecule has 1 aliphatic rings. The number of hydrogen-bond acceptors (Lipinski definition) is 6. The van der Waals surface area contributed by atoms with Gasteiger partial charge in [-0.25, -0.2) is 9.79 Å². The third-order valence-electron chi connectivity index (χ3n) is 5.42. The van der Waals surface area contributed by atoms with Gasteiger partial charge in [-0.15, -0.1) is 0 Å². The molecule has 0 unspecified atom stereocenters. The van der Waals surface area contributed by atoms with E-state index in [0.717, 1.165) is 21.0 Å². The van der Waals surface area contributed by atoms with E-state index in [-0.39, 0.29) is 5.91 Å². The van der Waals surface area contributed by atoms with E-state index in [9.17, 15) is 9.59 Å². The molecule has 0 atom stereocenters. The van der Waals surface area contributed by atoms with E-state index in [1.54, 1.807) is 61.7 Å². The van der Waals surface area contributed by atoms with Crippen LogP contribution >= 0.6 is 27.7 Å². The van der Waals surface area contributed by atoms with E-state index in [4.69, 9.17) is 9.47 Å². The molecule has 0 saturated carbocycles. The van der Waals surface area contributed by atoms with Crippen molar-refractivity contribution in [3.05, 3.63) is 105 Å². The topological polar surface area (TPSA) is 77.0 Å². The van der Waals surface area contributed by atoms with E-state index >= 15 is 0 Å². The lowest BCUT2D eigenvalue weighted by Gasteiger charge is -2.10. The van der Waals surface area contributed by atoms with Gasteiger partial charge in [0.2, 0.25) is 0 Å². The number of halogens is 1. The van der Waals surface area contributed by atoms with Crippen molar-refractivity contribution in [1.29, 1.82) is 0 Å². The number of fused-ring (bicyclic) bond motifs is 1. The number of carbonyl (C=O) groups is 2. The van der Waals surface area contributed by atoms with Gasteiger partial charge in [0.15, 0.2) is 5.17 Å². The standard InChI is InChI=1S/C28H19BrN2O4S/c1-34-21-12-10-20(11-13-21)30-28-31-26(32)25(36-28)16-18-15-19(29)9-14-24(18)35-27(33)23-8-4-6-17-5-2-3-7-22(17)23/h2-16H,1H3,(H,30,31,32)/b25-16-. The van der Waals surface area contributed by atoms with Crippen molar-refractivity contribution in [3.63, 3.8) is 0 Å². The summed E-state index contributed by atoms with van der Waals surface area (Å²) in [7, 11) is 1.60. The highest BCUT2D eigenvalue weighted by Crippen LogP contribution is 2.33. The molecular formula is C28H19BrN2O4S. The van der Waals surface area contributed by atoms with Crippen molar-refractivity contribution in [2.24, 2.45) is 4.99 Å². The van der Waals surface area contributed by atoms with Gasteiger partial charge >= 0.3 is 5.97 Å². The second-order valence-corrected chi connectivity index (χ2v) is 9.72. The Morgan fingerprint density at radius 2 is 1.78 bits per heavy atom. The SMILES string of the molecule is COc1ccc(N=C2NC(=O)/C(=C/c3cc(Br)ccc3OC(=O)c3cccc4ccccc34)S2)cc1. The van der Waals surface area contributed by atoms with Crippen molar-refractivity contribution in [3.8, 4) is 11.5 Å². The molecule has 1 amide bonds. The van der Waals surface area contributed by atoms with Crippen molar-refractivity contribution in [2.45, 2.75) is 0 Å². The summed E-state index contributed by atoms with van der Waals surface area (Å²) in [6.45, 7) is 0.